The van der Waals surface area contributed by atoms with Gasteiger partial charge in [0.2, 0.25) is 11.8 Å². The van der Waals surface area contributed by atoms with E-state index >= 15 is 0 Å². The lowest BCUT2D eigenvalue weighted by Crippen LogP contribution is -2.44. The number of imidazole rings is 1. The fourth-order valence-electron chi connectivity index (χ4n) is 4.61. The quantitative estimate of drug-likeness (QED) is 0.850. The molecule has 0 bridgehead atoms. The first-order chi connectivity index (χ1) is 11.7. The predicted octanol–water partition coefficient (Wildman–Crippen LogP) is 1.84. The summed E-state index contributed by atoms with van der Waals surface area (Å²) in [7, 11) is 0. The molecule has 3 aliphatic rings. The molecule has 0 N–H and O–H groups in total. The molecule has 1 aromatic heterocycles. The molecule has 2 saturated heterocycles. The summed E-state index contributed by atoms with van der Waals surface area (Å²) >= 11 is 0. The van der Waals surface area contributed by atoms with Gasteiger partial charge in [0.05, 0.1) is 18.3 Å². The average molecular weight is 330 g/mol. The molecule has 2 atom stereocenters. The first-order valence-corrected chi connectivity index (χ1v) is 9.28. The summed E-state index contributed by atoms with van der Waals surface area (Å²) in [5, 5.41) is 0. The molecule has 0 spiro atoms. The molecule has 3 heterocycles. The molecule has 2 amide bonds. The van der Waals surface area contributed by atoms with Gasteiger partial charge in [-0.1, -0.05) is 12.8 Å². The van der Waals surface area contributed by atoms with Crippen LogP contribution in [-0.4, -0.2) is 56.8 Å². The Labute approximate surface area is 142 Å². The van der Waals surface area contributed by atoms with E-state index in [1.807, 2.05) is 22.3 Å². The molecule has 0 aromatic carbocycles. The van der Waals surface area contributed by atoms with Crippen molar-refractivity contribution in [2.24, 2.45) is 5.92 Å². The molecular formula is C18H26N4O2. The molecule has 3 fully saturated rings. The minimum Gasteiger partial charge on any atom is -0.340 e. The van der Waals surface area contributed by atoms with Gasteiger partial charge in [0.1, 0.15) is 0 Å². The Bertz CT molecular complexity index is 594. The van der Waals surface area contributed by atoms with Gasteiger partial charge >= 0.3 is 0 Å². The summed E-state index contributed by atoms with van der Waals surface area (Å²) in [4.78, 5) is 33.4. The van der Waals surface area contributed by atoms with Crippen LogP contribution in [0.1, 0.15) is 51.0 Å². The van der Waals surface area contributed by atoms with Gasteiger partial charge in [-0.15, -0.1) is 0 Å². The Hall–Kier alpha value is -1.85. The number of carbonyl (C=O) groups excluding carboxylic acids is 2. The topological polar surface area (TPSA) is 58.4 Å². The van der Waals surface area contributed by atoms with Crippen molar-refractivity contribution < 1.29 is 9.59 Å². The van der Waals surface area contributed by atoms with Crippen LogP contribution in [0, 0.1) is 5.92 Å². The second kappa shape index (κ2) is 6.57. The monoisotopic (exact) mass is 330 g/mol. The number of hydrogen-bond donors (Lipinski definition) is 0. The summed E-state index contributed by atoms with van der Waals surface area (Å²) in [6.07, 6.45) is 12.7. The fraction of sp³-hybridized carbons (Fsp3) is 0.722. The highest BCUT2D eigenvalue weighted by molar-refractivity contribution is 5.89. The van der Waals surface area contributed by atoms with E-state index in [-0.39, 0.29) is 17.7 Å². The number of nitrogens with zero attached hydrogens (tertiary/aromatic N) is 4. The molecule has 0 unspecified atom stereocenters. The standard InChI is InChI=1S/C18H26N4O2/c23-17-10-14(11-22(17)15-4-1-2-5-15)18(24)20-8-3-6-16(12-20)21-9-7-19-13-21/h7,9,13-16H,1-6,8,10-12H2/t14-,16+/m0/s1. The van der Waals surface area contributed by atoms with E-state index in [9.17, 15) is 9.59 Å². The van der Waals surface area contributed by atoms with Gasteiger partial charge < -0.3 is 14.4 Å². The van der Waals surface area contributed by atoms with Gasteiger partial charge in [0, 0.05) is 44.5 Å². The van der Waals surface area contributed by atoms with Crippen LogP contribution in [0.3, 0.4) is 0 Å². The molecule has 6 nitrogen and oxygen atoms in total. The Balaban J connectivity index is 1.39. The number of carbonyl (C=O) groups is 2. The number of likely N-dealkylation sites (tertiary alicyclic amines) is 2. The maximum atomic E-state index is 12.9. The van der Waals surface area contributed by atoms with Crippen LogP contribution in [0.15, 0.2) is 18.7 Å². The van der Waals surface area contributed by atoms with E-state index in [1.54, 1.807) is 6.20 Å². The SMILES string of the molecule is O=C([C@H]1CC(=O)N(C2CCCC2)C1)N1CCC[C@@H](n2ccnc2)C1. The summed E-state index contributed by atoms with van der Waals surface area (Å²) in [6.45, 7) is 2.19. The van der Waals surface area contributed by atoms with Crippen molar-refractivity contribution in [3.05, 3.63) is 18.7 Å². The van der Waals surface area contributed by atoms with Crippen LogP contribution in [0.4, 0.5) is 0 Å². The number of hydrogen-bond acceptors (Lipinski definition) is 3. The van der Waals surface area contributed by atoms with Crippen molar-refractivity contribution in [2.75, 3.05) is 19.6 Å². The predicted molar refractivity (Wildman–Crippen MR) is 89.2 cm³/mol. The second-order valence-corrected chi connectivity index (χ2v) is 7.48. The zero-order chi connectivity index (χ0) is 16.5. The highest BCUT2D eigenvalue weighted by Gasteiger charge is 2.40. The molecule has 2 aliphatic heterocycles. The molecule has 1 aromatic rings. The van der Waals surface area contributed by atoms with Gasteiger partial charge in [-0.3, -0.25) is 9.59 Å². The third kappa shape index (κ3) is 2.94. The van der Waals surface area contributed by atoms with Crippen LogP contribution >= 0.6 is 0 Å². The van der Waals surface area contributed by atoms with Gasteiger partial charge in [0.15, 0.2) is 0 Å². The number of amides is 2. The van der Waals surface area contributed by atoms with E-state index < -0.39 is 0 Å². The molecule has 130 valence electrons. The zero-order valence-electron chi connectivity index (χ0n) is 14.1. The summed E-state index contributed by atoms with van der Waals surface area (Å²) < 4.78 is 2.10. The Morgan fingerprint density at radius 3 is 2.62 bits per heavy atom. The van der Waals surface area contributed by atoms with Crippen molar-refractivity contribution in [1.82, 2.24) is 19.4 Å². The third-order valence-electron chi connectivity index (χ3n) is 5.93. The van der Waals surface area contributed by atoms with Crippen molar-refractivity contribution in [2.45, 2.75) is 57.0 Å². The number of rotatable bonds is 3. The molecule has 1 aliphatic carbocycles. The Morgan fingerprint density at radius 1 is 1.08 bits per heavy atom. The summed E-state index contributed by atoms with van der Waals surface area (Å²) in [5.74, 6) is 0.219. The Kier molecular flexibility index (Phi) is 4.29. The van der Waals surface area contributed by atoms with Gasteiger partial charge in [-0.25, -0.2) is 4.98 Å². The number of aromatic nitrogens is 2. The fourth-order valence-corrected chi connectivity index (χ4v) is 4.61. The molecule has 6 heteroatoms. The molecule has 0 radical (unpaired) electrons. The van der Waals surface area contributed by atoms with Gasteiger partial charge in [-0.2, -0.15) is 0 Å². The van der Waals surface area contributed by atoms with Crippen molar-refractivity contribution in [3.8, 4) is 0 Å². The van der Waals surface area contributed by atoms with Gasteiger partial charge in [0.25, 0.3) is 0 Å². The van der Waals surface area contributed by atoms with E-state index in [4.69, 9.17) is 0 Å². The van der Waals surface area contributed by atoms with Gasteiger partial charge in [-0.05, 0) is 25.7 Å². The highest BCUT2D eigenvalue weighted by atomic mass is 16.2. The van der Waals surface area contributed by atoms with Crippen molar-refractivity contribution >= 4 is 11.8 Å². The molecule has 1 saturated carbocycles. The first kappa shape index (κ1) is 15.7. The lowest BCUT2D eigenvalue weighted by Gasteiger charge is -2.35. The minimum atomic E-state index is -0.139. The van der Waals surface area contributed by atoms with Crippen LogP contribution in [-0.2, 0) is 9.59 Å². The lowest BCUT2D eigenvalue weighted by molar-refractivity contribution is -0.137. The van der Waals surface area contributed by atoms with E-state index in [0.29, 0.717) is 25.0 Å². The van der Waals surface area contributed by atoms with Crippen molar-refractivity contribution in [3.63, 3.8) is 0 Å². The lowest BCUT2D eigenvalue weighted by atomic mass is 10.0. The van der Waals surface area contributed by atoms with Crippen molar-refractivity contribution in [1.29, 1.82) is 0 Å². The van der Waals surface area contributed by atoms with E-state index in [1.165, 1.54) is 12.8 Å². The highest BCUT2D eigenvalue weighted by Crippen LogP contribution is 2.31. The maximum absolute atomic E-state index is 12.9. The first-order valence-electron chi connectivity index (χ1n) is 9.28. The molecule has 4 rings (SSSR count). The van der Waals surface area contributed by atoms with Crippen LogP contribution in [0.5, 0.6) is 0 Å². The van der Waals surface area contributed by atoms with E-state index in [2.05, 4.69) is 9.55 Å². The minimum absolute atomic E-state index is 0.139. The summed E-state index contributed by atoms with van der Waals surface area (Å²) in [6, 6.07) is 0.698. The normalized spacial score (nSPS) is 28.8. The van der Waals surface area contributed by atoms with Crippen LogP contribution in [0.2, 0.25) is 0 Å². The average Bonchev–Trinajstić information content (AvgIpc) is 3.35. The molecule has 24 heavy (non-hydrogen) atoms. The Morgan fingerprint density at radius 2 is 1.88 bits per heavy atom. The summed E-state index contributed by atoms with van der Waals surface area (Å²) in [5.41, 5.74) is 0. The second-order valence-electron chi connectivity index (χ2n) is 7.48. The number of piperidine rings is 1. The molecular weight excluding hydrogens is 304 g/mol. The van der Waals surface area contributed by atoms with E-state index in [0.717, 1.165) is 38.8 Å². The third-order valence-corrected chi connectivity index (χ3v) is 5.93. The zero-order valence-corrected chi connectivity index (χ0v) is 14.1. The maximum Gasteiger partial charge on any atom is 0.228 e. The smallest absolute Gasteiger partial charge is 0.228 e. The van der Waals surface area contributed by atoms with Crippen LogP contribution < -0.4 is 0 Å². The van der Waals surface area contributed by atoms with Crippen LogP contribution in [0.25, 0.3) is 0 Å². The largest absolute Gasteiger partial charge is 0.340 e.